The maximum atomic E-state index is 11.0. The monoisotopic (exact) mass is 202 g/mol. The molecule has 1 unspecified atom stereocenters. The molecule has 0 aliphatic carbocycles. The molecule has 0 aromatic carbocycles. The van der Waals surface area contributed by atoms with Crippen LogP contribution in [0.15, 0.2) is 5.16 Å². The number of rotatable bonds is 6. The van der Waals surface area contributed by atoms with Gasteiger partial charge in [0.2, 0.25) is 5.91 Å². The van der Waals surface area contributed by atoms with Gasteiger partial charge in [-0.15, -0.1) is 0 Å². The fourth-order valence-corrected chi connectivity index (χ4v) is 0.879. The smallest absolute Gasteiger partial charge is 0.221 e. The van der Waals surface area contributed by atoms with Crippen LogP contribution in [0.1, 0.15) is 20.3 Å². The molecule has 0 aliphatic heterocycles. The number of oxime groups is 1. The molecule has 0 heterocycles. The molecule has 0 saturated heterocycles. The van der Waals surface area contributed by atoms with E-state index in [2.05, 4.69) is 15.8 Å². The Hall–Kier alpha value is -1.30. The fourth-order valence-electron chi connectivity index (χ4n) is 0.879. The Labute approximate surface area is 83.5 Å². The Morgan fingerprint density at radius 2 is 2.29 bits per heavy atom. The highest BCUT2D eigenvalue weighted by Crippen LogP contribution is 1.83. The highest BCUT2D eigenvalue weighted by Gasteiger charge is 2.06. The van der Waals surface area contributed by atoms with E-state index in [-0.39, 0.29) is 17.8 Å². The number of nitrogens with one attached hydrogen (secondary N) is 2. The van der Waals surface area contributed by atoms with Crippen LogP contribution in [0.4, 0.5) is 0 Å². The molecule has 6 nitrogen and oxygen atoms in total. The van der Waals surface area contributed by atoms with Crippen molar-refractivity contribution >= 4 is 11.7 Å². The average Bonchev–Trinajstić information content (AvgIpc) is 2.16. The van der Waals surface area contributed by atoms with Crippen LogP contribution >= 0.6 is 0 Å². The minimum atomic E-state index is -0.227. The highest BCUT2D eigenvalue weighted by molar-refractivity contribution is 5.84. The molecule has 1 atom stereocenters. The normalized spacial score (nSPS) is 13.7. The van der Waals surface area contributed by atoms with Crippen LogP contribution in [0.3, 0.4) is 0 Å². The third-order valence-electron chi connectivity index (χ3n) is 1.74. The van der Waals surface area contributed by atoms with Gasteiger partial charge in [0.25, 0.3) is 0 Å². The first-order valence-electron chi connectivity index (χ1n) is 4.59. The number of hydrogen-bond donors (Lipinski definition) is 4. The van der Waals surface area contributed by atoms with Gasteiger partial charge >= 0.3 is 0 Å². The molecular weight excluding hydrogens is 184 g/mol. The summed E-state index contributed by atoms with van der Waals surface area (Å²) >= 11 is 0. The molecule has 0 aliphatic rings. The zero-order valence-electron chi connectivity index (χ0n) is 8.58. The third-order valence-corrected chi connectivity index (χ3v) is 1.74. The minimum absolute atomic E-state index is 0.00768. The van der Waals surface area contributed by atoms with E-state index in [0.717, 1.165) is 0 Å². The van der Waals surface area contributed by atoms with E-state index >= 15 is 0 Å². The Morgan fingerprint density at radius 3 is 2.79 bits per heavy atom. The second-order valence-corrected chi connectivity index (χ2v) is 2.90. The van der Waals surface area contributed by atoms with Crippen molar-refractivity contribution in [1.29, 1.82) is 0 Å². The number of nitrogens with zero attached hydrogens (tertiary/aromatic N) is 1. The van der Waals surface area contributed by atoms with Gasteiger partial charge in [-0.05, 0) is 13.8 Å². The highest BCUT2D eigenvalue weighted by atomic mass is 16.4. The first-order chi connectivity index (χ1) is 6.61. The van der Waals surface area contributed by atoms with Crippen molar-refractivity contribution < 1.29 is 10.0 Å². The van der Waals surface area contributed by atoms with E-state index in [0.29, 0.717) is 19.5 Å². The summed E-state index contributed by atoms with van der Waals surface area (Å²) in [6.45, 7) is 4.76. The second kappa shape index (κ2) is 7.14. The van der Waals surface area contributed by atoms with Gasteiger partial charge < -0.3 is 21.6 Å². The number of amidine groups is 1. The zero-order chi connectivity index (χ0) is 11.0. The van der Waals surface area contributed by atoms with Crippen molar-refractivity contribution in [2.75, 3.05) is 13.1 Å². The molecule has 0 bridgehead atoms. The van der Waals surface area contributed by atoms with Crippen molar-refractivity contribution in [3.63, 3.8) is 0 Å². The predicted molar refractivity (Wildman–Crippen MR) is 54.2 cm³/mol. The van der Waals surface area contributed by atoms with Gasteiger partial charge in [0.05, 0.1) is 6.04 Å². The van der Waals surface area contributed by atoms with E-state index in [1.165, 1.54) is 0 Å². The molecule has 0 saturated carbocycles. The molecule has 6 heteroatoms. The van der Waals surface area contributed by atoms with E-state index in [9.17, 15) is 4.79 Å². The van der Waals surface area contributed by atoms with Crippen LogP contribution < -0.4 is 16.4 Å². The molecule has 0 radical (unpaired) electrons. The summed E-state index contributed by atoms with van der Waals surface area (Å²) in [5, 5.41) is 16.8. The maximum Gasteiger partial charge on any atom is 0.221 e. The first kappa shape index (κ1) is 12.7. The van der Waals surface area contributed by atoms with Crippen LogP contribution in [-0.2, 0) is 4.79 Å². The minimum Gasteiger partial charge on any atom is -0.409 e. The third kappa shape index (κ3) is 5.36. The summed E-state index contributed by atoms with van der Waals surface area (Å²) in [4.78, 5) is 11.0. The van der Waals surface area contributed by atoms with Gasteiger partial charge in [-0.1, -0.05) is 5.16 Å². The number of nitrogens with two attached hydrogens (primary N) is 1. The summed E-state index contributed by atoms with van der Waals surface area (Å²) in [6, 6.07) is -0.227. The van der Waals surface area contributed by atoms with E-state index in [1.54, 1.807) is 6.92 Å². The van der Waals surface area contributed by atoms with Crippen molar-refractivity contribution in [2.45, 2.75) is 26.3 Å². The van der Waals surface area contributed by atoms with E-state index < -0.39 is 0 Å². The predicted octanol–water partition coefficient (Wildman–Crippen LogP) is -0.763. The van der Waals surface area contributed by atoms with Crippen molar-refractivity contribution in [3.8, 4) is 0 Å². The SMILES string of the molecule is CCNC(=O)CCNC(C)C(N)=NO. The van der Waals surface area contributed by atoms with Gasteiger partial charge in [0, 0.05) is 19.5 Å². The van der Waals surface area contributed by atoms with Crippen molar-refractivity contribution in [1.82, 2.24) is 10.6 Å². The molecule has 1 amide bonds. The lowest BCUT2D eigenvalue weighted by molar-refractivity contribution is -0.120. The zero-order valence-corrected chi connectivity index (χ0v) is 8.58. The quantitative estimate of drug-likeness (QED) is 0.197. The number of carbonyl (C=O) groups is 1. The lowest BCUT2D eigenvalue weighted by Gasteiger charge is -2.11. The first-order valence-corrected chi connectivity index (χ1v) is 4.59. The second-order valence-electron chi connectivity index (χ2n) is 2.90. The molecule has 0 rings (SSSR count). The molecular formula is C8H18N4O2. The fraction of sp³-hybridized carbons (Fsp3) is 0.750. The Kier molecular flexibility index (Phi) is 6.47. The molecule has 0 fully saturated rings. The van der Waals surface area contributed by atoms with Gasteiger partial charge in [-0.2, -0.15) is 0 Å². The number of hydrogen-bond acceptors (Lipinski definition) is 4. The van der Waals surface area contributed by atoms with Crippen molar-refractivity contribution in [2.24, 2.45) is 10.9 Å². The molecule has 0 aromatic heterocycles. The number of carbonyl (C=O) groups excluding carboxylic acids is 1. The summed E-state index contributed by atoms with van der Waals surface area (Å²) < 4.78 is 0. The van der Waals surface area contributed by atoms with Crippen LogP contribution in [0.2, 0.25) is 0 Å². The Balaban J connectivity index is 3.59. The van der Waals surface area contributed by atoms with Gasteiger partial charge in [-0.3, -0.25) is 4.79 Å². The standard InChI is InChI=1S/C8H18N4O2/c1-3-10-7(13)4-5-11-6(2)8(9)12-14/h6,11,14H,3-5H2,1-2H3,(H2,9,12)(H,10,13). The molecule has 0 aromatic rings. The molecule has 5 N–H and O–H groups in total. The van der Waals surface area contributed by atoms with E-state index in [1.807, 2.05) is 6.92 Å². The largest absolute Gasteiger partial charge is 0.409 e. The lowest BCUT2D eigenvalue weighted by Crippen LogP contribution is -2.40. The van der Waals surface area contributed by atoms with E-state index in [4.69, 9.17) is 10.9 Å². The van der Waals surface area contributed by atoms with Crippen LogP contribution in [0.5, 0.6) is 0 Å². The van der Waals surface area contributed by atoms with Gasteiger partial charge in [-0.25, -0.2) is 0 Å². The topological polar surface area (TPSA) is 99.7 Å². The van der Waals surface area contributed by atoms with Crippen LogP contribution in [0, 0.1) is 0 Å². The summed E-state index contributed by atoms with van der Waals surface area (Å²) in [5.41, 5.74) is 5.33. The summed E-state index contributed by atoms with van der Waals surface area (Å²) in [7, 11) is 0. The van der Waals surface area contributed by atoms with Crippen molar-refractivity contribution in [3.05, 3.63) is 0 Å². The maximum absolute atomic E-state index is 11.0. The molecule has 82 valence electrons. The van der Waals surface area contributed by atoms with Gasteiger partial charge in [0.15, 0.2) is 5.84 Å². The molecule has 14 heavy (non-hydrogen) atoms. The molecule has 0 spiro atoms. The lowest BCUT2D eigenvalue weighted by atomic mass is 10.3. The van der Waals surface area contributed by atoms with Crippen LogP contribution in [0.25, 0.3) is 0 Å². The summed E-state index contributed by atoms with van der Waals surface area (Å²) in [5.74, 6) is 0.104. The van der Waals surface area contributed by atoms with Gasteiger partial charge in [0.1, 0.15) is 0 Å². The average molecular weight is 202 g/mol. The Bertz CT molecular complexity index is 206. The Morgan fingerprint density at radius 1 is 1.64 bits per heavy atom. The van der Waals surface area contributed by atoms with Crippen LogP contribution in [-0.4, -0.2) is 36.1 Å². The summed E-state index contributed by atoms with van der Waals surface area (Å²) in [6.07, 6.45) is 0.386. The number of amides is 1.